The summed E-state index contributed by atoms with van der Waals surface area (Å²) in [5.74, 6) is 0.401. The van der Waals surface area contributed by atoms with Crippen LogP contribution >= 0.6 is 0 Å². The molecule has 0 unspecified atom stereocenters. The van der Waals surface area contributed by atoms with E-state index in [0.29, 0.717) is 5.82 Å². The quantitative estimate of drug-likeness (QED) is 0.808. The summed E-state index contributed by atoms with van der Waals surface area (Å²) in [6.07, 6.45) is 2.21. The second-order valence-electron chi connectivity index (χ2n) is 4.40. The van der Waals surface area contributed by atoms with E-state index < -0.39 is 0 Å². The molecular formula is C15H18FN3. The highest BCUT2D eigenvalue weighted by molar-refractivity contribution is 5.44. The van der Waals surface area contributed by atoms with E-state index in [0.717, 1.165) is 19.5 Å². The maximum atomic E-state index is 12.7. The number of anilines is 2. The maximum Gasteiger partial charge on any atom is 0.141 e. The number of hydrogen-bond donors (Lipinski definition) is 1. The predicted octanol–water partition coefficient (Wildman–Crippen LogP) is 3.16. The van der Waals surface area contributed by atoms with Crippen molar-refractivity contribution in [3.05, 3.63) is 54.5 Å². The zero-order valence-corrected chi connectivity index (χ0v) is 11.0. The van der Waals surface area contributed by atoms with Crippen molar-refractivity contribution in [3.8, 4) is 0 Å². The monoisotopic (exact) mass is 259 g/mol. The molecule has 4 heteroatoms. The molecule has 0 aliphatic rings. The zero-order valence-electron chi connectivity index (χ0n) is 11.0. The van der Waals surface area contributed by atoms with E-state index in [-0.39, 0.29) is 5.82 Å². The third-order valence-electron chi connectivity index (χ3n) is 2.90. The summed E-state index contributed by atoms with van der Waals surface area (Å²) >= 11 is 0. The molecule has 0 fully saturated rings. The normalized spacial score (nSPS) is 10.2. The van der Waals surface area contributed by atoms with E-state index in [1.54, 1.807) is 6.07 Å². The number of benzene rings is 1. The van der Waals surface area contributed by atoms with Gasteiger partial charge >= 0.3 is 0 Å². The minimum Gasteiger partial charge on any atom is -0.375 e. The van der Waals surface area contributed by atoms with Crippen molar-refractivity contribution in [2.75, 3.05) is 30.4 Å². The van der Waals surface area contributed by atoms with Crippen LogP contribution in [0.2, 0.25) is 0 Å². The van der Waals surface area contributed by atoms with E-state index in [2.05, 4.69) is 34.4 Å². The van der Waals surface area contributed by atoms with Crippen molar-refractivity contribution >= 4 is 11.5 Å². The second kappa shape index (κ2) is 6.73. The lowest BCUT2D eigenvalue weighted by Gasteiger charge is -2.19. The molecule has 0 spiro atoms. The Morgan fingerprint density at radius 1 is 1.16 bits per heavy atom. The molecular weight excluding hydrogens is 241 g/mol. The van der Waals surface area contributed by atoms with Gasteiger partial charge in [-0.3, -0.25) is 0 Å². The molecule has 2 aromatic rings. The Bertz CT molecular complexity index is 485. The van der Waals surface area contributed by atoms with E-state index in [1.165, 1.54) is 18.0 Å². The van der Waals surface area contributed by atoms with Crippen molar-refractivity contribution in [1.82, 2.24) is 4.98 Å². The number of halogens is 1. The average Bonchev–Trinajstić information content (AvgIpc) is 2.46. The van der Waals surface area contributed by atoms with E-state index >= 15 is 0 Å². The number of rotatable bonds is 6. The molecule has 0 saturated carbocycles. The van der Waals surface area contributed by atoms with Crippen LogP contribution in [0.1, 0.15) is 6.42 Å². The van der Waals surface area contributed by atoms with Gasteiger partial charge in [-0.05, 0) is 30.7 Å². The molecule has 0 bridgehead atoms. The molecule has 1 N–H and O–H groups in total. The first-order chi connectivity index (χ1) is 9.25. The van der Waals surface area contributed by atoms with Gasteiger partial charge in [0.25, 0.3) is 0 Å². The van der Waals surface area contributed by atoms with Gasteiger partial charge < -0.3 is 10.2 Å². The number of para-hydroxylation sites is 1. The lowest BCUT2D eigenvalue weighted by atomic mass is 10.3. The van der Waals surface area contributed by atoms with Crippen molar-refractivity contribution < 1.29 is 4.39 Å². The molecule has 1 aromatic heterocycles. The Morgan fingerprint density at radius 3 is 2.63 bits per heavy atom. The molecule has 0 aliphatic carbocycles. The first-order valence-corrected chi connectivity index (χ1v) is 6.37. The van der Waals surface area contributed by atoms with Crippen LogP contribution in [0.25, 0.3) is 0 Å². The summed E-state index contributed by atoms with van der Waals surface area (Å²) in [5, 5.41) is 3.17. The highest BCUT2D eigenvalue weighted by Crippen LogP contribution is 2.11. The summed E-state index contributed by atoms with van der Waals surface area (Å²) in [4.78, 5) is 6.16. The van der Waals surface area contributed by atoms with Crippen molar-refractivity contribution in [2.45, 2.75) is 6.42 Å². The molecule has 2 rings (SSSR count). The van der Waals surface area contributed by atoms with Gasteiger partial charge in [-0.25, -0.2) is 9.37 Å². The minimum absolute atomic E-state index is 0.311. The van der Waals surface area contributed by atoms with Crippen LogP contribution in [0.15, 0.2) is 48.7 Å². The number of nitrogens with one attached hydrogen (secondary N) is 1. The smallest absolute Gasteiger partial charge is 0.141 e. The maximum absolute atomic E-state index is 12.7. The number of nitrogens with zero attached hydrogens (tertiary/aromatic N) is 2. The van der Waals surface area contributed by atoms with E-state index in [4.69, 9.17) is 0 Å². The Morgan fingerprint density at radius 2 is 1.95 bits per heavy atom. The zero-order chi connectivity index (χ0) is 13.5. The second-order valence-corrected chi connectivity index (χ2v) is 4.40. The van der Waals surface area contributed by atoms with Crippen LogP contribution in [-0.4, -0.2) is 25.1 Å². The first-order valence-electron chi connectivity index (χ1n) is 6.37. The third-order valence-corrected chi connectivity index (χ3v) is 2.90. The molecule has 0 amide bonds. The highest BCUT2D eigenvalue weighted by atomic mass is 19.1. The van der Waals surface area contributed by atoms with Gasteiger partial charge in [0.1, 0.15) is 11.6 Å². The van der Waals surface area contributed by atoms with Crippen LogP contribution in [-0.2, 0) is 0 Å². The SMILES string of the molecule is CN(CCCNc1ccc(F)cn1)c1ccccc1. The van der Waals surface area contributed by atoms with Gasteiger partial charge in [-0.1, -0.05) is 18.2 Å². The lowest BCUT2D eigenvalue weighted by Crippen LogP contribution is -2.20. The molecule has 3 nitrogen and oxygen atoms in total. The van der Waals surface area contributed by atoms with Gasteiger partial charge in [0.2, 0.25) is 0 Å². The molecule has 0 saturated heterocycles. The van der Waals surface area contributed by atoms with Crippen LogP contribution in [0.5, 0.6) is 0 Å². The topological polar surface area (TPSA) is 28.2 Å². The average molecular weight is 259 g/mol. The Labute approximate surface area is 113 Å². The fraction of sp³-hybridized carbons (Fsp3) is 0.267. The predicted molar refractivity (Wildman–Crippen MR) is 77.0 cm³/mol. The molecule has 1 heterocycles. The third kappa shape index (κ3) is 4.25. The Balaban J connectivity index is 1.71. The van der Waals surface area contributed by atoms with Crippen molar-refractivity contribution in [2.24, 2.45) is 0 Å². The summed E-state index contributed by atoms with van der Waals surface area (Å²) in [6, 6.07) is 13.3. The number of aromatic nitrogens is 1. The Kier molecular flexibility index (Phi) is 4.72. The van der Waals surface area contributed by atoms with Crippen LogP contribution in [0, 0.1) is 5.82 Å². The minimum atomic E-state index is -0.311. The van der Waals surface area contributed by atoms with Crippen LogP contribution in [0.3, 0.4) is 0 Å². The fourth-order valence-corrected chi connectivity index (χ4v) is 1.82. The molecule has 0 atom stereocenters. The standard InChI is InChI=1S/C15H18FN3/c1-19(14-6-3-2-4-7-14)11-5-10-17-15-9-8-13(16)12-18-15/h2-4,6-9,12H,5,10-11H2,1H3,(H,17,18). The number of pyridine rings is 1. The summed E-state index contributed by atoms with van der Waals surface area (Å²) in [7, 11) is 2.07. The summed E-state index contributed by atoms with van der Waals surface area (Å²) in [5.41, 5.74) is 1.21. The highest BCUT2D eigenvalue weighted by Gasteiger charge is 1.99. The first kappa shape index (κ1) is 13.3. The summed E-state index contributed by atoms with van der Waals surface area (Å²) in [6.45, 7) is 1.77. The number of hydrogen-bond acceptors (Lipinski definition) is 3. The van der Waals surface area contributed by atoms with Crippen LogP contribution < -0.4 is 10.2 Å². The van der Waals surface area contributed by atoms with E-state index in [9.17, 15) is 4.39 Å². The van der Waals surface area contributed by atoms with Crippen molar-refractivity contribution in [3.63, 3.8) is 0 Å². The van der Waals surface area contributed by atoms with Gasteiger partial charge in [-0.2, -0.15) is 0 Å². The van der Waals surface area contributed by atoms with Gasteiger partial charge in [0.15, 0.2) is 0 Å². The Hall–Kier alpha value is -2.10. The molecule has 100 valence electrons. The van der Waals surface area contributed by atoms with E-state index in [1.807, 2.05) is 18.2 Å². The molecule has 0 aliphatic heterocycles. The largest absolute Gasteiger partial charge is 0.375 e. The van der Waals surface area contributed by atoms with Crippen molar-refractivity contribution in [1.29, 1.82) is 0 Å². The lowest BCUT2D eigenvalue weighted by molar-refractivity contribution is 0.621. The van der Waals surface area contributed by atoms with Gasteiger partial charge in [0.05, 0.1) is 6.20 Å². The van der Waals surface area contributed by atoms with Gasteiger partial charge in [-0.15, -0.1) is 0 Å². The molecule has 1 aromatic carbocycles. The molecule has 19 heavy (non-hydrogen) atoms. The summed E-state index contributed by atoms with van der Waals surface area (Å²) < 4.78 is 12.7. The molecule has 0 radical (unpaired) electrons. The fourth-order valence-electron chi connectivity index (χ4n) is 1.82. The van der Waals surface area contributed by atoms with Crippen LogP contribution in [0.4, 0.5) is 15.9 Å². The van der Waals surface area contributed by atoms with Gasteiger partial charge in [0, 0.05) is 25.8 Å².